The summed E-state index contributed by atoms with van der Waals surface area (Å²) in [5.74, 6) is -1.27. The second-order valence-corrected chi connectivity index (χ2v) is 13.1. The lowest BCUT2D eigenvalue weighted by atomic mass is 9.72. The second-order valence-electron chi connectivity index (χ2n) is 13.1. The molecule has 2 saturated carbocycles. The number of halogens is 4. The summed E-state index contributed by atoms with van der Waals surface area (Å²) in [5, 5.41) is 0. The van der Waals surface area contributed by atoms with Crippen LogP contribution >= 0.6 is 0 Å². The van der Waals surface area contributed by atoms with Gasteiger partial charge in [-0.25, -0.2) is 13.2 Å². The fraction of sp³-hybridized carbons (Fsp3) is 0.579. The Kier molecular flexibility index (Phi) is 11.6. The maximum absolute atomic E-state index is 14.9. The van der Waals surface area contributed by atoms with E-state index in [9.17, 15) is 17.6 Å². The fourth-order valence-electron chi connectivity index (χ4n) is 7.73. The van der Waals surface area contributed by atoms with Crippen molar-refractivity contribution in [3.8, 4) is 5.75 Å². The Hall–Kier alpha value is -2.60. The number of ether oxygens (including phenoxy) is 2. The first kappa shape index (κ1) is 32.8. The summed E-state index contributed by atoms with van der Waals surface area (Å²) in [4.78, 5) is 0. The average Bonchev–Trinajstić information content (AvgIpc) is 3.05. The third kappa shape index (κ3) is 7.78. The van der Waals surface area contributed by atoms with Crippen LogP contribution in [0.25, 0.3) is 5.57 Å². The molecule has 0 aromatic heterocycles. The molecular weight excluding hydrogens is 564 g/mol. The summed E-state index contributed by atoms with van der Waals surface area (Å²) >= 11 is 0. The summed E-state index contributed by atoms with van der Waals surface area (Å²) in [7, 11) is 0. The van der Waals surface area contributed by atoms with Crippen LogP contribution in [-0.2, 0) is 11.2 Å². The molecule has 2 aromatic rings. The van der Waals surface area contributed by atoms with Crippen molar-refractivity contribution in [2.75, 3.05) is 13.2 Å². The zero-order valence-electron chi connectivity index (χ0n) is 26.4. The lowest BCUT2D eigenvalue weighted by Gasteiger charge is -2.36. The number of allylic oxidation sites excluding steroid dienone is 4. The topological polar surface area (TPSA) is 18.5 Å². The van der Waals surface area contributed by atoms with Gasteiger partial charge in [0.15, 0.2) is 23.2 Å². The van der Waals surface area contributed by atoms with E-state index in [1.54, 1.807) is 19.1 Å². The van der Waals surface area contributed by atoms with Gasteiger partial charge in [-0.1, -0.05) is 30.4 Å². The van der Waals surface area contributed by atoms with Gasteiger partial charge < -0.3 is 9.47 Å². The van der Waals surface area contributed by atoms with Crippen LogP contribution in [0, 0.1) is 41.0 Å². The van der Waals surface area contributed by atoms with Crippen molar-refractivity contribution >= 4 is 5.57 Å². The standard InChI is InChI=1S/C38H48F4O2/c1-3-5-6-7-30-18-21-32(36(40)35(30)39)28-10-8-25(9-11-28)24-44-31-19-16-27(17-20-31)26-12-14-29(15-13-26)33-22-23-34(43-4-2)38(42)37(33)41/h3,5,14,18,21-23,25-28,31H,4,6-13,15-17,19-20,24H2,1-2H3/b5-3+. The Morgan fingerprint density at radius 2 is 1.57 bits per heavy atom. The van der Waals surface area contributed by atoms with Crippen molar-refractivity contribution in [1.82, 2.24) is 0 Å². The molecule has 3 aliphatic carbocycles. The van der Waals surface area contributed by atoms with Gasteiger partial charge in [0.1, 0.15) is 0 Å². The van der Waals surface area contributed by atoms with E-state index in [-0.39, 0.29) is 11.7 Å². The summed E-state index contributed by atoms with van der Waals surface area (Å²) in [6.07, 6.45) is 18.4. The summed E-state index contributed by atoms with van der Waals surface area (Å²) in [6, 6.07) is 6.76. The molecule has 1 atom stereocenters. The van der Waals surface area contributed by atoms with Gasteiger partial charge in [0, 0.05) is 12.2 Å². The van der Waals surface area contributed by atoms with Crippen LogP contribution in [0.1, 0.15) is 114 Å². The molecule has 0 heterocycles. The number of aryl methyl sites for hydroxylation is 1. The van der Waals surface area contributed by atoms with Crippen LogP contribution in [0.15, 0.2) is 42.5 Å². The molecule has 0 radical (unpaired) electrons. The minimum Gasteiger partial charge on any atom is -0.491 e. The molecule has 2 nitrogen and oxygen atoms in total. The van der Waals surface area contributed by atoms with Gasteiger partial charge in [-0.2, -0.15) is 4.39 Å². The van der Waals surface area contributed by atoms with Crippen molar-refractivity contribution in [3.63, 3.8) is 0 Å². The highest BCUT2D eigenvalue weighted by Crippen LogP contribution is 2.42. The number of hydrogen-bond donors (Lipinski definition) is 0. The van der Waals surface area contributed by atoms with Gasteiger partial charge in [-0.3, -0.25) is 0 Å². The van der Waals surface area contributed by atoms with Crippen molar-refractivity contribution < 1.29 is 27.0 Å². The van der Waals surface area contributed by atoms with Crippen LogP contribution in [0.2, 0.25) is 0 Å². The van der Waals surface area contributed by atoms with Gasteiger partial charge in [0.05, 0.1) is 12.7 Å². The molecule has 0 aliphatic heterocycles. The first-order valence-corrected chi connectivity index (χ1v) is 16.9. The zero-order valence-corrected chi connectivity index (χ0v) is 26.4. The van der Waals surface area contributed by atoms with Crippen molar-refractivity contribution in [2.45, 2.75) is 109 Å². The number of benzene rings is 2. The molecule has 0 saturated heterocycles. The molecule has 2 aromatic carbocycles. The van der Waals surface area contributed by atoms with E-state index in [2.05, 4.69) is 6.08 Å². The third-order valence-electron chi connectivity index (χ3n) is 10.4. The van der Waals surface area contributed by atoms with Crippen LogP contribution in [0.5, 0.6) is 5.75 Å². The molecule has 5 rings (SSSR count). The van der Waals surface area contributed by atoms with Crippen LogP contribution in [0.3, 0.4) is 0 Å². The zero-order chi connectivity index (χ0) is 31.1. The molecule has 0 amide bonds. The third-order valence-corrected chi connectivity index (χ3v) is 10.4. The summed E-state index contributed by atoms with van der Waals surface area (Å²) in [6.45, 7) is 4.74. The summed E-state index contributed by atoms with van der Waals surface area (Å²) in [5.41, 5.74) is 2.26. The maximum atomic E-state index is 14.9. The maximum Gasteiger partial charge on any atom is 0.201 e. The first-order chi connectivity index (χ1) is 21.4. The highest BCUT2D eigenvalue weighted by molar-refractivity contribution is 5.67. The minimum absolute atomic E-state index is 0.0289. The molecule has 0 N–H and O–H groups in total. The fourth-order valence-corrected chi connectivity index (χ4v) is 7.73. The summed E-state index contributed by atoms with van der Waals surface area (Å²) < 4.78 is 70.3. The molecule has 240 valence electrons. The Morgan fingerprint density at radius 1 is 0.795 bits per heavy atom. The van der Waals surface area contributed by atoms with Crippen molar-refractivity contribution in [2.24, 2.45) is 17.8 Å². The van der Waals surface area contributed by atoms with E-state index in [4.69, 9.17) is 9.47 Å². The molecule has 0 bridgehead atoms. The van der Waals surface area contributed by atoms with E-state index < -0.39 is 23.3 Å². The molecule has 2 fully saturated rings. The lowest BCUT2D eigenvalue weighted by Crippen LogP contribution is -2.29. The van der Waals surface area contributed by atoms with Crippen LogP contribution < -0.4 is 4.74 Å². The molecule has 1 unspecified atom stereocenters. The molecule has 6 heteroatoms. The Morgan fingerprint density at radius 3 is 2.25 bits per heavy atom. The minimum atomic E-state index is -0.899. The monoisotopic (exact) mass is 612 g/mol. The highest BCUT2D eigenvalue weighted by atomic mass is 19.2. The van der Waals surface area contributed by atoms with Gasteiger partial charge in [-0.15, -0.1) is 0 Å². The highest BCUT2D eigenvalue weighted by Gasteiger charge is 2.31. The van der Waals surface area contributed by atoms with Crippen LogP contribution in [-0.4, -0.2) is 19.3 Å². The smallest absolute Gasteiger partial charge is 0.201 e. The van der Waals surface area contributed by atoms with Gasteiger partial charge in [-0.05, 0) is 150 Å². The normalized spacial score (nSPS) is 26.1. The van der Waals surface area contributed by atoms with E-state index in [1.807, 2.05) is 25.1 Å². The molecule has 44 heavy (non-hydrogen) atoms. The quantitative estimate of drug-likeness (QED) is 0.186. The number of rotatable bonds is 11. The second kappa shape index (κ2) is 15.6. The van der Waals surface area contributed by atoms with Gasteiger partial charge in [0.25, 0.3) is 0 Å². The Bertz CT molecular complexity index is 1300. The van der Waals surface area contributed by atoms with Crippen LogP contribution in [0.4, 0.5) is 17.6 Å². The SMILES string of the molecule is C/C=C/CCc1ccc(C2CCC(COC3CCC(C4CC=C(c5ccc(OCC)c(F)c5F)CC4)CC3)CC2)c(F)c1F. The Balaban J connectivity index is 1.03. The molecule has 3 aliphatic rings. The lowest BCUT2D eigenvalue weighted by molar-refractivity contribution is -0.0132. The van der Waals surface area contributed by atoms with E-state index in [0.29, 0.717) is 60.0 Å². The molecular formula is C38H48F4O2. The van der Waals surface area contributed by atoms with Gasteiger partial charge >= 0.3 is 0 Å². The first-order valence-electron chi connectivity index (χ1n) is 16.9. The molecule has 0 spiro atoms. The van der Waals surface area contributed by atoms with E-state index >= 15 is 0 Å². The predicted octanol–water partition coefficient (Wildman–Crippen LogP) is 10.9. The van der Waals surface area contributed by atoms with Crippen molar-refractivity contribution in [3.05, 3.63) is 82.5 Å². The van der Waals surface area contributed by atoms with E-state index in [1.165, 1.54) is 6.07 Å². The van der Waals surface area contributed by atoms with E-state index in [0.717, 1.165) is 82.8 Å². The van der Waals surface area contributed by atoms with Gasteiger partial charge in [0.2, 0.25) is 5.82 Å². The largest absolute Gasteiger partial charge is 0.491 e. The van der Waals surface area contributed by atoms with Crippen molar-refractivity contribution in [1.29, 1.82) is 0 Å². The Labute approximate surface area is 260 Å². The predicted molar refractivity (Wildman–Crippen MR) is 169 cm³/mol. The average molecular weight is 613 g/mol. The number of hydrogen-bond acceptors (Lipinski definition) is 2.